The fourth-order valence-corrected chi connectivity index (χ4v) is 2.19. The molecule has 0 aliphatic carbocycles. The maximum absolute atomic E-state index is 8.39. The lowest BCUT2D eigenvalue weighted by Gasteiger charge is -2.11. The maximum atomic E-state index is 8.39. The highest BCUT2D eigenvalue weighted by Gasteiger charge is 2.05. The van der Waals surface area contributed by atoms with Crippen LogP contribution in [0.1, 0.15) is 18.2 Å². The number of halogens is 1. The van der Waals surface area contributed by atoms with E-state index in [0.717, 1.165) is 10.9 Å². The largest absolute Gasteiger partial charge is 0.409 e. The summed E-state index contributed by atoms with van der Waals surface area (Å²) in [4.78, 5) is 1.17. The molecule has 1 rings (SSSR count). The lowest BCUT2D eigenvalue weighted by molar-refractivity contribution is 0.316. The third-order valence-corrected chi connectivity index (χ3v) is 3.13. The highest BCUT2D eigenvalue weighted by atomic mass is 35.5. The summed E-state index contributed by atoms with van der Waals surface area (Å²) in [5.41, 5.74) is 5.39. The first kappa shape index (κ1) is 12.3. The smallest absolute Gasteiger partial charge is 0.140 e. The van der Waals surface area contributed by atoms with Crippen molar-refractivity contribution in [2.24, 2.45) is 10.9 Å². The average molecular weight is 248 g/mol. The Morgan fingerprint density at radius 3 is 3.00 bits per heavy atom. The Hall–Kier alpha value is -0.780. The Bertz CT molecular complexity index is 340. The van der Waals surface area contributed by atoms with Gasteiger partial charge in [-0.1, -0.05) is 16.8 Å². The number of rotatable bonds is 5. The van der Waals surface area contributed by atoms with Crippen molar-refractivity contribution in [2.75, 3.05) is 0 Å². The van der Waals surface area contributed by atoms with E-state index >= 15 is 0 Å². The van der Waals surface area contributed by atoms with E-state index in [9.17, 15) is 0 Å². The third-order valence-electron chi connectivity index (χ3n) is 1.90. The van der Waals surface area contributed by atoms with Crippen molar-refractivity contribution in [1.82, 2.24) is 5.32 Å². The Labute approximate surface area is 97.7 Å². The molecule has 4 nitrogen and oxygen atoms in total. The molecule has 0 spiro atoms. The van der Waals surface area contributed by atoms with E-state index in [0.29, 0.717) is 6.42 Å². The minimum atomic E-state index is 0.168. The summed E-state index contributed by atoms with van der Waals surface area (Å²) in [6.45, 7) is 2.73. The number of nitrogens with two attached hydrogens (primary N) is 1. The fourth-order valence-electron chi connectivity index (χ4n) is 1.15. The van der Waals surface area contributed by atoms with Crippen molar-refractivity contribution in [3.63, 3.8) is 0 Å². The SMILES string of the molecule is CC(CC(N)=NO)NCc1ccc(Cl)s1. The minimum absolute atomic E-state index is 0.168. The van der Waals surface area contributed by atoms with Gasteiger partial charge in [-0.3, -0.25) is 0 Å². The molecule has 6 heteroatoms. The average Bonchev–Trinajstić information content (AvgIpc) is 2.61. The number of thiophene rings is 1. The van der Waals surface area contributed by atoms with Crippen molar-refractivity contribution in [3.8, 4) is 0 Å². The summed E-state index contributed by atoms with van der Waals surface area (Å²) in [5.74, 6) is 0.235. The van der Waals surface area contributed by atoms with Crippen LogP contribution in [-0.2, 0) is 6.54 Å². The monoisotopic (exact) mass is 247 g/mol. The first-order valence-corrected chi connectivity index (χ1v) is 5.75. The molecule has 0 aromatic carbocycles. The summed E-state index contributed by atoms with van der Waals surface area (Å²) in [6, 6.07) is 4.02. The predicted octanol–water partition coefficient (Wildman–Crippen LogP) is 2.02. The molecule has 0 amide bonds. The van der Waals surface area contributed by atoms with Crippen molar-refractivity contribution < 1.29 is 5.21 Å². The molecular weight excluding hydrogens is 234 g/mol. The van der Waals surface area contributed by atoms with Gasteiger partial charge in [-0.15, -0.1) is 11.3 Å². The molecule has 0 radical (unpaired) electrons. The molecule has 0 aliphatic heterocycles. The number of hydrogen-bond donors (Lipinski definition) is 3. The van der Waals surface area contributed by atoms with Gasteiger partial charge in [0.05, 0.1) is 4.34 Å². The van der Waals surface area contributed by atoms with E-state index in [2.05, 4.69) is 10.5 Å². The van der Waals surface area contributed by atoms with Crippen molar-refractivity contribution in [1.29, 1.82) is 0 Å². The Balaban J connectivity index is 2.31. The molecule has 0 fully saturated rings. The molecule has 0 saturated heterocycles. The molecule has 84 valence electrons. The van der Waals surface area contributed by atoms with E-state index < -0.39 is 0 Å². The molecule has 1 aromatic rings. The number of amidine groups is 1. The van der Waals surface area contributed by atoms with Crippen molar-refractivity contribution in [2.45, 2.75) is 25.9 Å². The molecule has 1 heterocycles. The van der Waals surface area contributed by atoms with Gasteiger partial charge in [-0.25, -0.2) is 0 Å². The van der Waals surface area contributed by atoms with Crippen molar-refractivity contribution >= 4 is 28.8 Å². The van der Waals surface area contributed by atoms with Gasteiger partial charge in [0, 0.05) is 23.9 Å². The van der Waals surface area contributed by atoms with E-state index in [1.54, 1.807) is 11.3 Å². The van der Waals surface area contributed by atoms with Gasteiger partial charge in [0.15, 0.2) is 0 Å². The molecule has 1 atom stereocenters. The molecule has 0 bridgehead atoms. The second kappa shape index (κ2) is 5.95. The summed E-state index contributed by atoms with van der Waals surface area (Å²) in [6.07, 6.45) is 0.523. The molecular formula is C9H14ClN3OS. The topological polar surface area (TPSA) is 70.6 Å². The second-order valence-electron chi connectivity index (χ2n) is 3.28. The molecule has 15 heavy (non-hydrogen) atoms. The van der Waals surface area contributed by atoms with Gasteiger partial charge in [0.25, 0.3) is 0 Å². The molecule has 1 unspecified atom stereocenters. The third kappa shape index (κ3) is 4.51. The van der Waals surface area contributed by atoms with E-state index in [1.807, 2.05) is 19.1 Å². The first-order valence-electron chi connectivity index (χ1n) is 4.56. The van der Waals surface area contributed by atoms with Gasteiger partial charge in [-0.2, -0.15) is 0 Å². The van der Waals surface area contributed by atoms with Gasteiger partial charge in [0.1, 0.15) is 5.84 Å². The second-order valence-corrected chi connectivity index (χ2v) is 5.08. The quantitative estimate of drug-likeness (QED) is 0.323. The number of oxime groups is 1. The van der Waals surface area contributed by atoms with Crippen LogP contribution in [0.25, 0.3) is 0 Å². The van der Waals surface area contributed by atoms with E-state index in [-0.39, 0.29) is 11.9 Å². The van der Waals surface area contributed by atoms with Gasteiger partial charge < -0.3 is 16.3 Å². The summed E-state index contributed by atoms with van der Waals surface area (Å²) < 4.78 is 0.788. The lowest BCUT2D eigenvalue weighted by atomic mass is 10.2. The van der Waals surface area contributed by atoms with Crippen LogP contribution in [0.15, 0.2) is 17.3 Å². The highest BCUT2D eigenvalue weighted by Crippen LogP contribution is 2.21. The lowest BCUT2D eigenvalue weighted by Crippen LogP contribution is -2.30. The Morgan fingerprint density at radius 2 is 2.47 bits per heavy atom. The van der Waals surface area contributed by atoms with Crippen LogP contribution in [0, 0.1) is 0 Å². The Kier molecular flexibility index (Phi) is 4.87. The van der Waals surface area contributed by atoms with Crippen LogP contribution in [0.4, 0.5) is 0 Å². The van der Waals surface area contributed by atoms with Crippen LogP contribution < -0.4 is 11.1 Å². The maximum Gasteiger partial charge on any atom is 0.140 e. The van der Waals surface area contributed by atoms with Crippen LogP contribution in [-0.4, -0.2) is 17.1 Å². The van der Waals surface area contributed by atoms with Crippen LogP contribution in [0.2, 0.25) is 4.34 Å². The van der Waals surface area contributed by atoms with Gasteiger partial charge in [0.2, 0.25) is 0 Å². The number of nitrogens with one attached hydrogen (secondary N) is 1. The normalized spacial score (nSPS) is 14.1. The zero-order valence-electron chi connectivity index (χ0n) is 8.40. The van der Waals surface area contributed by atoms with Gasteiger partial charge >= 0.3 is 0 Å². The number of hydrogen-bond acceptors (Lipinski definition) is 4. The highest BCUT2D eigenvalue weighted by molar-refractivity contribution is 7.16. The molecule has 0 aliphatic rings. The summed E-state index contributed by atoms with van der Waals surface area (Å²) >= 11 is 7.35. The summed E-state index contributed by atoms with van der Waals surface area (Å²) in [7, 11) is 0. The first-order chi connectivity index (χ1) is 7.11. The zero-order chi connectivity index (χ0) is 11.3. The molecule has 0 saturated carbocycles. The molecule has 1 aromatic heterocycles. The Morgan fingerprint density at radius 1 is 1.73 bits per heavy atom. The standard InChI is InChI=1S/C9H14ClN3OS/c1-6(4-9(11)13-14)12-5-7-2-3-8(10)15-7/h2-3,6,12,14H,4-5H2,1H3,(H2,11,13). The van der Waals surface area contributed by atoms with Crippen LogP contribution >= 0.6 is 22.9 Å². The number of nitrogens with zero attached hydrogens (tertiary/aromatic N) is 1. The van der Waals surface area contributed by atoms with Crippen molar-refractivity contribution in [3.05, 3.63) is 21.3 Å². The fraction of sp³-hybridized carbons (Fsp3) is 0.444. The van der Waals surface area contributed by atoms with E-state index in [1.165, 1.54) is 4.88 Å². The molecule has 4 N–H and O–H groups in total. The van der Waals surface area contributed by atoms with E-state index in [4.69, 9.17) is 22.5 Å². The summed E-state index contributed by atoms with van der Waals surface area (Å²) in [5, 5.41) is 14.6. The zero-order valence-corrected chi connectivity index (χ0v) is 9.98. The van der Waals surface area contributed by atoms with Crippen LogP contribution in [0.5, 0.6) is 0 Å². The van der Waals surface area contributed by atoms with Crippen LogP contribution in [0.3, 0.4) is 0 Å². The predicted molar refractivity (Wildman–Crippen MR) is 63.7 cm³/mol. The minimum Gasteiger partial charge on any atom is -0.409 e. The van der Waals surface area contributed by atoms with Gasteiger partial charge in [-0.05, 0) is 19.1 Å².